The van der Waals surface area contributed by atoms with E-state index >= 15 is 0 Å². The van der Waals surface area contributed by atoms with Crippen LogP contribution >= 0.6 is 0 Å². The number of morpholine rings is 2. The normalized spacial score (nSPS) is 24.0. The molecule has 2 aliphatic rings. The van der Waals surface area contributed by atoms with Crippen LogP contribution in [-0.4, -0.2) is 88.2 Å². The van der Waals surface area contributed by atoms with Crippen LogP contribution in [0.15, 0.2) is 0 Å². The van der Waals surface area contributed by atoms with E-state index in [2.05, 4.69) is 30.6 Å². The Morgan fingerprint density at radius 3 is 2.00 bits per heavy atom. The fourth-order valence-electron chi connectivity index (χ4n) is 3.09. The highest BCUT2D eigenvalue weighted by atomic mass is 16.5. The first-order valence-corrected chi connectivity index (χ1v) is 9.37. The Morgan fingerprint density at radius 1 is 0.870 bits per heavy atom. The molecule has 2 atom stereocenters. The third-order valence-electron chi connectivity index (χ3n) is 4.92. The van der Waals surface area contributed by atoms with Crippen molar-refractivity contribution in [2.24, 2.45) is 11.8 Å². The van der Waals surface area contributed by atoms with Crippen molar-refractivity contribution in [2.75, 3.05) is 72.3 Å². The van der Waals surface area contributed by atoms with E-state index in [1.807, 2.05) is 0 Å². The standard InChI is InChI=1S/C18H36N2O3/c1-16(2)18(14-20-8-12-22-13-9-20)23-15-17(3)4-5-19-6-10-21-11-7-19/h16-18H,4-15H2,1-3H3. The second-order valence-corrected chi connectivity index (χ2v) is 7.38. The molecule has 2 heterocycles. The van der Waals surface area contributed by atoms with Gasteiger partial charge in [-0.3, -0.25) is 9.80 Å². The third kappa shape index (κ3) is 7.48. The molecule has 0 aromatic heterocycles. The van der Waals surface area contributed by atoms with Crippen LogP contribution in [-0.2, 0) is 14.2 Å². The zero-order valence-corrected chi connectivity index (χ0v) is 15.3. The monoisotopic (exact) mass is 328 g/mol. The fraction of sp³-hybridized carbons (Fsp3) is 1.00. The second-order valence-electron chi connectivity index (χ2n) is 7.38. The van der Waals surface area contributed by atoms with Crippen molar-refractivity contribution in [3.8, 4) is 0 Å². The molecule has 0 N–H and O–H groups in total. The van der Waals surface area contributed by atoms with E-state index in [1.165, 1.54) is 13.0 Å². The van der Waals surface area contributed by atoms with Gasteiger partial charge in [0.25, 0.3) is 0 Å². The van der Waals surface area contributed by atoms with E-state index in [0.29, 0.717) is 17.9 Å². The Kier molecular flexibility index (Phi) is 8.83. The van der Waals surface area contributed by atoms with Gasteiger partial charge in [-0.25, -0.2) is 0 Å². The summed E-state index contributed by atoms with van der Waals surface area (Å²) in [5.74, 6) is 1.17. The summed E-state index contributed by atoms with van der Waals surface area (Å²) in [7, 11) is 0. The zero-order valence-electron chi connectivity index (χ0n) is 15.3. The molecule has 2 rings (SSSR count). The first-order chi connectivity index (χ1) is 11.1. The molecule has 2 aliphatic heterocycles. The van der Waals surface area contributed by atoms with E-state index < -0.39 is 0 Å². The van der Waals surface area contributed by atoms with Gasteiger partial charge in [0.2, 0.25) is 0 Å². The summed E-state index contributed by atoms with van der Waals surface area (Å²) < 4.78 is 17.1. The summed E-state index contributed by atoms with van der Waals surface area (Å²) in [4.78, 5) is 4.99. The van der Waals surface area contributed by atoms with Crippen LogP contribution in [0.1, 0.15) is 27.2 Å². The zero-order chi connectivity index (χ0) is 16.5. The van der Waals surface area contributed by atoms with Gasteiger partial charge in [-0.15, -0.1) is 0 Å². The van der Waals surface area contributed by atoms with Crippen LogP contribution in [0.25, 0.3) is 0 Å². The molecule has 0 aromatic rings. The fourth-order valence-corrected chi connectivity index (χ4v) is 3.09. The number of ether oxygens (including phenoxy) is 3. The SMILES string of the molecule is CC(CCN1CCOCC1)COC(CN1CCOCC1)C(C)C. The van der Waals surface area contributed by atoms with Gasteiger partial charge in [0.1, 0.15) is 0 Å². The molecule has 2 fully saturated rings. The maximum Gasteiger partial charge on any atom is 0.0724 e. The van der Waals surface area contributed by atoms with Gasteiger partial charge in [-0.1, -0.05) is 20.8 Å². The Bertz CT molecular complexity index is 303. The maximum atomic E-state index is 6.28. The van der Waals surface area contributed by atoms with E-state index in [1.54, 1.807) is 0 Å². The molecule has 5 nitrogen and oxygen atoms in total. The molecule has 0 amide bonds. The molecule has 0 radical (unpaired) electrons. The van der Waals surface area contributed by atoms with Crippen molar-refractivity contribution in [1.29, 1.82) is 0 Å². The summed E-state index contributed by atoms with van der Waals surface area (Å²) in [5.41, 5.74) is 0. The molecular weight excluding hydrogens is 292 g/mol. The minimum atomic E-state index is 0.332. The molecular formula is C18H36N2O3. The van der Waals surface area contributed by atoms with Crippen LogP contribution < -0.4 is 0 Å². The van der Waals surface area contributed by atoms with Gasteiger partial charge >= 0.3 is 0 Å². The van der Waals surface area contributed by atoms with Crippen molar-refractivity contribution in [2.45, 2.75) is 33.3 Å². The summed E-state index contributed by atoms with van der Waals surface area (Å²) in [6.07, 6.45) is 1.54. The Labute approximate surface area is 142 Å². The highest BCUT2D eigenvalue weighted by Crippen LogP contribution is 2.14. The van der Waals surface area contributed by atoms with Crippen molar-refractivity contribution in [3.63, 3.8) is 0 Å². The first kappa shape index (κ1) is 19.1. The highest BCUT2D eigenvalue weighted by molar-refractivity contribution is 4.72. The summed E-state index contributed by atoms with van der Waals surface area (Å²) in [5, 5.41) is 0. The third-order valence-corrected chi connectivity index (χ3v) is 4.92. The van der Waals surface area contributed by atoms with Crippen LogP contribution in [0.5, 0.6) is 0 Å². The predicted molar refractivity (Wildman–Crippen MR) is 92.9 cm³/mol. The molecule has 23 heavy (non-hydrogen) atoms. The largest absolute Gasteiger partial charge is 0.379 e. The lowest BCUT2D eigenvalue weighted by Crippen LogP contribution is -2.43. The Morgan fingerprint density at radius 2 is 1.43 bits per heavy atom. The lowest BCUT2D eigenvalue weighted by molar-refractivity contribution is -0.0398. The van der Waals surface area contributed by atoms with Crippen molar-refractivity contribution in [1.82, 2.24) is 9.80 Å². The van der Waals surface area contributed by atoms with Crippen molar-refractivity contribution < 1.29 is 14.2 Å². The van der Waals surface area contributed by atoms with Gasteiger partial charge in [0.15, 0.2) is 0 Å². The highest BCUT2D eigenvalue weighted by Gasteiger charge is 2.21. The molecule has 2 saturated heterocycles. The number of rotatable bonds is 9. The van der Waals surface area contributed by atoms with Crippen molar-refractivity contribution in [3.05, 3.63) is 0 Å². The van der Waals surface area contributed by atoms with Gasteiger partial charge in [-0.05, 0) is 24.8 Å². The van der Waals surface area contributed by atoms with Crippen molar-refractivity contribution >= 4 is 0 Å². The molecule has 0 aliphatic carbocycles. The molecule has 0 aromatic carbocycles. The molecule has 0 spiro atoms. The van der Waals surface area contributed by atoms with E-state index in [-0.39, 0.29) is 0 Å². The van der Waals surface area contributed by atoms with Gasteiger partial charge < -0.3 is 14.2 Å². The van der Waals surface area contributed by atoms with Crippen LogP contribution in [0.4, 0.5) is 0 Å². The van der Waals surface area contributed by atoms with Crippen LogP contribution in [0.2, 0.25) is 0 Å². The Balaban J connectivity index is 1.63. The topological polar surface area (TPSA) is 34.2 Å². The average molecular weight is 328 g/mol. The van der Waals surface area contributed by atoms with E-state index in [4.69, 9.17) is 14.2 Å². The summed E-state index contributed by atoms with van der Waals surface area (Å²) in [6, 6.07) is 0. The number of hydrogen-bond donors (Lipinski definition) is 0. The maximum absolute atomic E-state index is 6.28. The average Bonchev–Trinajstić information content (AvgIpc) is 2.58. The summed E-state index contributed by atoms with van der Waals surface area (Å²) in [6.45, 7) is 17.7. The van der Waals surface area contributed by atoms with Crippen LogP contribution in [0, 0.1) is 11.8 Å². The summed E-state index contributed by atoms with van der Waals surface area (Å²) >= 11 is 0. The first-order valence-electron chi connectivity index (χ1n) is 9.37. The molecule has 0 saturated carbocycles. The van der Waals surface area contributed by atoms with Gasteiger partial charge in [0.05, 0.1) is 32.5 Å². The van der Waals surface area contributed by atoms with Crippen LogP contribution in [0.3, 0.4) is 0 Å². The molecule has 136 valence electrons. The van der Waals surface area contributed by atoms with Gasteiger partial charge in [0, 0.05) is 39.3 Å². The lowest BCUT2D eigenvalue weighted by Gasteiger charge is -2.33. The number of hydrogen-bond acceptors (Lipinski definition) is 5. The minimum absolute atomic E-state index is 0.332. The predicted octanol–water partition coefficient (Wildman–Crippen LogP) is 1.72. The quantitative estimate of drug-likeness (QED) is 0.644. The Hall–Kier alpha value is -0.200. The molecule has 0 bridgehead atoms. The smallest absolute Gasteiger partial charge is 0.0724 e. The molecule has 5 heteroatoms. The number of nitrogens with zero attached hydrogens (tertiary/aromatic N) is 2. The molecule has 2 unspecified atom stereocenters. The minimum Gasteiger partial charge on any atom is -0.379 e. The van der Waals surface area contributed by atoms with E-state index in [9.17, 15) is 0 Å². The van der Waals surface area contributed by atoms with Gasteiger partial charge in [-0.2, -0.15) is 0 Å². The second kappa shape index (κ2) is 10.6. The lowest BCUT2D eigenvalue weighted by atomic mass is 10.1. The van der Waals surface area contributed by atoms with E-state index in [0.717, 1.165) is 65.8 Å².